The number of nitrogens with one attached hydrogen (secondary N) is 1. The first-order chi connectivity index (χ1) is 22.4. The molecule has 0 spiro atoms. The molecule has 258 valence electrons. The van der Waals surface area contributed by atoms with Crippen molar-refractivity contribution in [2.75, 3.05) is 70.4 Å². The summed E-state index contributed by atoms with van der Waals surface area (Å²) < 4.78 is 10.5. The van der Waals surface area contributed by atoms with E-state index < -0.39 is 5.60 Å². The molecule has 2 aromatic carbocycles. The Morgan fingerprint density at radius 1 is 1.00 bits per heavy atom. The lowest BCUT2D eigenvalue weighted by Gasteiger charge is -2.42. The van der Waals surface area contributed by atoms with Gasteiger partial charge in [-0.25, -0.2) is 9.59 Å². The quantitative estimate of drug-likeness (QED) is 0.175. The van der Waals surface area contributed by atoms with Crippen molar-refractivity contribution in [3.63, 3.8) is 0 Å². The summed E-state index contributed by atoms with van der Waals surface area (Å²) in [5.74, 6) is -0.273. The Bertz CT molecular complexity index is 1350. The normalized spacial score (nSPS) is 19.2. The zero-order valence-electron chi connectivity index (χ0n) is 29.4. The first kappa shape index (κ1) is 36.8. The van der Waals surface area contributed by atoms with Gasteiger partial charge in [-0.1, -0.05) is 43.2 Å². The number of benzene rings is 2. The Balaban J connectivity index is 1.38. The Morgan fingerprint density at radius 2 is 1.68 bits per heavy atom. The fourth-order valence-electron chi connectivity index (χ4n) is 6.75. The standard InChI is InChI=1S/C38H55ClN4O4/c1-7-41(21-9-20-40-36(45)47-37(3,4)5)28-38(6)19-18-34(29-10-14-32(39)15-11-29)31(26-38)27-42-22-24-43(25-23-42)33-16-12-30(13-17-33)35(44)46-8-2/h10-17H,7-9,18-28H2,1-6H3,(H,40,45). The van der Waals surface area contributed by atoms with Gasteiger partial charge in [0.15, 0.2) is 0 Å². The topological polar surface area (TPSA) is 74.4 Å². The highest BCUT2D eigenvalue weighted by Gasteiger charge is 2.34. The summed E-state index contributed by atoms with van der Waals surface area (Å²) in [4.78, 5) is 31.7. The summed E-state index contributed by atoms with van der Waals surface area (Å²) >= 11 is 6.27. The van der Waals surface area contributed by atoms with E-state index in [0.717, 1.165) is 88.8 Å². The number of hydrogen-bond acceptors (Lipinski definition) is 7. The highest BCUT2D eigenvalue weighted by Crippen LogP contribution is 2.44. The predicted octanol–water partition coefficient (Wildman–Crippen LogP) is 7.52. The minimum Gasteiger partial charge on any atom is -0.462 e. The Kier molecular flexibility index (Phi) is 13.2. The zero-order valence-corrected chi connectivity index (χ0v) is 30.1. The number of halogens is 1. The van der Waals surface area contributed by atoms with Crippen LogP contribution in [-0.2, 0) is 9.47 Å². The molecule has 47 heavy (non-hydrogen) atoms. The fraction of sp³-hybridized carbons (Fsp3) is 0.579. The Hall–Kier alpha value is -3.07. The van der Waals surface area contributed by atoms with Crippen LogP contribution < -0.4 is 10.2 Å². The van der Waals surface area contributed by atoms with Gasteiger partial charge in [0.05, 0.1) is 12.2 Å². The van der Waals surface area contributed by atoms with Gasteiger partial charge >= 0.3 is 12.1 Å². The number of alkyl carbamates (subject to hydrolysis) is 1. The number of carbonyl (C=O) groups excluding carboxylic acids is 2. The number of allylic oxidation sites excluding steroid dienone is 1. The molecule has 1 saturated heterocycles. The Morgan fingerprint density at radius 3 is 2.30 bits per heavy atom. The third kappa shape index (κ3) is 11.3. The van der Waals surface area contributed by atoms with Crippen LogP contribution in [0.5, 0.6) is 0 Å². The van der Waals surface area contributed by atoms with E-state index in [-0.39, 0.29) is 17.5 Å². The molecule has 1 aliphatic heterocycles. The molecule has 1 fully saturated rings. The molecule has 1 heterocycles. The molecular weight excluding hydrogens is 612 g/mol. The molecule has 1 amide bonds. The summed E-state index contributed by atoms with van der Waals surface area (Å²) in [6, 6.07) is 16.1. The second-order valence-electron chi connectivity index (χ2n) is 14.3. The number of nitrogens with zero attached hydrogens (tertiary/aromatic N) is 3. The van der Waals surface area contributed by atoms with Gasteiger partial charge in [-0.05, 0) is 119 Å². The van der Waals surface area contributed by atoms with E-state index in [9.17, 15) is 9.59 Å². The van der Waals surface area contributed by atoms with E-state index >= 15 is 0 Å². The molecule has 1 aliphatic carbocycles. The van der Waals surface area contributed by atoms with Crippen LogP contribution in [0.25, 0.3) is 5.57 Å². The maximum Gasteiger partial charge on any atom is 0.407 e. The van der Waals surface area contributed by atoms with Gasteiger partial charge in [-0.3, -0.25) is 4.90 Å². The van der Waals surface area contributed by atoms with Gasteiger partial charge in [0.25, 0.3) is 0 Å². The molecule has 9 heteroatoms. The maximum absolute atomic E-state index is 12.1. The van der Waals surface area contributed by atoms with E-state index in [1.54, 1.807) is 0 Å². The van der Waals surface area contributed by atoms with Crippen LogP contribution in [0.2, 0.25) is 5.02 Å². The zero-order chi connectivity index (χ0) is 34.0. The number of ether oxygens (including phenoxy) is 2. The van der Waals surface area contributed by atoms with Gasteiger partial charge < -0.3 is 24.6 Å². The minimum absolute atomic E-state index is 0.169. The van der Waals surface area contributed by atoms with E-state index in [4.69, 9.17) is 21.1 Å². The first-order valence-corrected chi connectivity index (χ1v) is 17.7. The van der Waals surface area contributed by atoms with Gasteiger partial charge in [-0.2, -0.15) is 0 Å². The molecule has 8 nitrogen and oxygen atoms in total. The molecule has 0 bridgehead atoms. The van der Waals surface area contributed by atoms with E-state index in [1.807, 2.05) is 64.1 Å². The van der Waals surface area contributed by atoms with E-state index in [2.05, 4.69) is 46.0 Å². The van der Waals surface area contributed by atoms with Crippen LogP contribution in [0.1, 0.15) is 83.1 Å². The second-order valence-corrected chi connectivity index (χ2v) is 14.7. The minimum atomic E-state index is -0.488. The van der Waals surface area contributed by atoms with Crippen LogP contribution in [0.3, 0.4) is 0 Å². The van der Waals surface area contributed by atoms with E-state index in [1.165, 1.54) is 16.7 Å². The van der Waals surface area contributed by atoms with E-state index in [0.29, 0.717) is 18.7 Å². The summed E-state index contributed by atoms with van der Waals surface area (Å²) in [7, 11) is 0. The number of anilines is 1. The largest absolute Gasteiger partial charge is 0.462 e. The third-order valence-corrected chi connectivity index (χ3v) is 9.39. The lowest BCUT2D eigenvalue weighted by Crippen LogP contribution is -2.47. The van der Waals surface area contributed by atoms with Crippen molar-refractivity contribution >= 4 is 34.9 Å². The average Bonchev–Trinajstić information content (AvgIpc) is 3.03. The number of rotatable bonds is 13. The van der Waals surface area contributed by atoms with Gasteiger partial charge in [-0.15, -0.1) is 0 Å². The van der Waals surface area contributed by atoms with Crippen molar-refractivity contribution in [3.05, 3.63) is 70.3 Å². The molecule has 0 aromatic heterocycles. The van der Waals surface area contributed by atoms with Crippen molar-refractivity contribution < 1.29 is 19.1 Å². The summed E-state index contributed by atoms with van der Waals surface area (Å²) in [5, 5.41) is 3.67. The van der Waals surface area contributed by atoms with Gasteiger partial charge in [0.2, 0.25) is 0 Å². The van der Waals surface area contributed by atoms with Crippen molar-refractivity contribution in [2.45, 2.75) is 72.8 Å². The molecule has 2 aromatic rings. The number of carbonyl (C=O) groups is 2. The second kappa shape index (κ2) is 16.8. The molecule has 0 saturated carbocycles. The van der Waals surface area contributed by atoms with Crippen molar-refractivity contribution in [3.8, 4) is 0 Å². The SMILES string of the molecule is CCOC(=O)c1ccc(N2CCN(CC3=C(c4ccc(Cl)cc4)CCC(C)(CN(CC)CCCNC(=O)OC(C)(C)C)C3)CC2)cc1. The number of hydrogen-bond donors (Lipinski definition) is 1. The molecule has 4 rings (SSSR count). The number of amides is 1. The summed E-state index contributed by atoms with van der Waals surface area (Å²) in [5.41, 5.74) is 5.71. The molecule has 0 radical (unpaired) electrons. The monoisotopic (exact) mass is 666 g/mol. The highest BCUT2D eigenvalue weighted by atomic mass is 35.5. The van der Waals surface area contributed by atoms with Gasteiger partial charge in [0.1, 0.15) is 5.60 Å². The predicted molar refractivity (Wildman–Crippen MR) is 192 cm³/mol. The van der Waals surface area contributed by atoms with Crippen LogP contribution in [0.15, 0.2) is 54.1 Å². The lowest BCUT2D eigenvalue weighted by molar-refractivity contribution is 0.0515. The Labute approximate surface area is 287 Å². The third-order valence-electron chi connectivity index (χ3n) is 9.14. The van der Waals surface area contributed by atoms with Crippen molar-refractivity contribution in [1.82, 2.24) is 15.1 Å². The molecule has 2 aliphatic rings. The van der Waals surface area contributed by atoms with Crippen LogP contribution in [0, 0.1) is 5.41 Å². The fourth-order valence-corrected chi connectivity index (χ4v) is 6.88. The average molecular weight is 667 g/mol. The molecule has 1 unspecified atom stereocenters. The number of esters is 1. The van der Waals surface area contributed by atoms with Crippen LogP contribution >= 0.6 is 11.6 Å². The smallest absolute Gasteiger partial charge is 0.407 e. The highest BCUT2D eigenvalue weighted by molar-refractivity contribution is 6.30. The summed E-state index contributed by atoms with van der Waals surface area (Å²) in [6.07, 6.45) is 3.79. The van der Waals surface area contributed by atoms with Gasteiger partial charge in [0, 0.05) is 56.5 Å². The molecule has 1 atom stereocenters. The molecule has 1 N–H and O–H groups in total. The van der Waals surface area contributed by atoms with Crippen LogP contribution in [-0.4, -0.2) is 93.0 Å². The number of piperazine rings is 1. The van der Waals surface area contributed by atoms with Crippen molar-refractivity contribution in [1.29, 1.82) is 0 Å². The molecular formula is C38H55ClN4O4. The summed E-state index contributed by atoms with van der Waals surface area (Å²) in [6.45, 7) is 20.9. The van der Waals surface area contributed by atoms with Crippen molar-refractivity contribution in [2.24, 2.45) is 5.41 Å². The lowest BCUT2D eigenvalue weighted by atomic mass is 9.71. The first-order valence-electron chi connectivity index (χ1n) is 17.3. The maximum atomic E-state index is 12.1. The van der Waals surface area contributed by atoms with Crippen LogP contribution in [0.4, 0.5) is 10.5 Å².